The van der Waals surface area contributed by atoms with Gasteiger partial charge in [-0.2, -0.15) is 0 Å². The molecule has 2 aromatic rings. The van der Waals surface area contributed by atoms with Crippen LogP contribution in [0.1, 0.15) is 17.4 Å². The molecule has 1 aliphatic heterocycles. The first-order valence-electron chi connectivity index (χ1n) is 7.31. The van der Waals surface area contributed by atoms with Crippen LogP contribution in [0.25, 0.3) is 0 Å². The lowest BCUT2D eigenvalue weighted by molar-refractivity contribution is 0.0874. The predicted octanol–water partition coefficient (Wildman–Crippen LogP) is 1.91. The Morgan fingerprint density at radius 2 is 2.19 bits per heavy atom. The van der Waals surface area contributed by atoms with Gasteiger partial charge in [-0.15, -0.1) is 0 Å². The average molecular weight is 286 g/mol. The SMILES string of the molecule is COc1ccccc1C1CN(Cc2ncc[nH]2)CCN1C. The molecule has 0 spiro atoms. The van der Waals surface area contributed by atoms with E-state index in [1.165, 1.54) is 5.56 Å². The Hall–Kier alpha value is -1.85. The molecule has 1 saturated heterocycles. The number of rotatable bonds is 4. The Morgan fingerprint density at radius 3 is 2.95 bits per heavy atom. The first-order valence-corrected chi connectivity index (χ1v) is 7.31. The van der Waals surface area contributed by atoms with Gasteiger partial charge >= 0.3 is 0 Å². The number of aromatic amines is 1. The lowest BCUT2D eigenvalue weighted by Gasteiger charge is -2.39. The van der Waals surface area contributed by atoms with Gasteiger partial charge in [-0.05, 0) is 13.1 Å². The third-order valence-corrected chi connectivity index (χ3v) is 4.16. The molecule has 5 heteroatoms. The van der Waals surface area contributed by atoms with Gasteiger partial charge in [-0.3, -0.25) is 9.80 Å². The van der Waals surface area contributed by atoms with Crippen molar-refractivity contribution in [3.8, 4) is 5.75 Å². The zero-order valence-electron chi connectivity index (χ0n) is 12.6. The van der Waals surface area contributed by atoms with Gasteiger partial charge in [0.2, 0.25) is 0 Å². The summed E-state index contributed by atoms with van der Waals surface area (Å²) in [6, 6.07) is 8.65. The summed E-state index contributed by atoms with van der Waals surface area (Å²) in [5.41, 5.74) is 1.26. The van der Waals surface area contributed by atoms with Crippen molar-refractivity contribution in [1.29, 1.82) is 0 Å². The summed E-state index contributed by atoms with van der Waals surface area (Å²) in [6.45, 7) is 3.95. The minimum absolute atomic E-state index is 0.352. The smallest absolute Gasteiger partial charge is 0.123 e. The Bertz CT molecular complexity index is 569. The highest BCUT2D eigenvalue weighted by atomic mass is 16.5. The molecule has 0 amide bonds. The Balaban J connectivity index is 1.77. The van der Waals surface area contributed by atoms with E-state index in [-0.39, 0.29) is 0 Å². The Kier molecular flexibility index (Phi) is 4.22. The minimum atomic E-state index is 0.352. The first-order chi connectivity index (χ1) is 10.3. The molecule has 21 heavy (non-hydrogen) atoms. The quantitative estimate of drug-likeness (QED) is 0.932. The molecule has 5 nitrogen and oxygen atoms in total. The summed E-state index contributed by atoms with van der Waals surface area (Å²) in [5.74, 6) is 1.99. The lowest BCUT2D eigenvalue weighted by Crippen LogP contribution is -2.46. The number of hydrogen-bond acceptors (Lipinski definition) is 4. The van der Waals surface area contributed by atoms with Crippen molar-refractivity contribution in [2.75, 3.05) is 33.8 Å². The second-order valence-corrected chi connectivity index (χ2v) is 5.51. The molecule has 1 unspecified atom stereocenters. The normalized spacial score (nSPS) is 20.6. The third-order valence-electron chi connectivity index (χ3n) is 4.16. The van der Waals surface area contributed by atoms with Crippen LogP contribution in [0.5, 0.6) is 5.75 Å². The topological polar surface area (TPSA) is 44.4 Å². The fourth-order valence-electron chi connectivity index (χ4n) is 2.95. The van der Waals surface area contributed by atoms with Crippen LogP contribution in [0, 0.1) is 0 Å². The summed E-state index contributed by atoms with van der Waals surface area (Å²) in [5, 5.41) is 0. The lowest BCUT2D eigenvalue weighted by atomic mass is 10.0. The molecular weight excluding hydrogens is 264 g/mol. The van der Waals surface area contributed by atoms with Crippen LogP contribution >= 0.6 is 0 Å². The number of nitrogens with one attached hydrogen (secondary N) is 1. The molecule has 1 fully saturated rings. The van der Waals surface area contributed by atoms with E-state index in [1.807, 2.05) is 24.5 Å². The van der Waals surface area contributed by atoms with Gasteiger partial charge in [-0.1, -0.05) is 18.2 Å². The highest BCUT2D eigenvalue weighted by Gasteiger charge is 2.27. The number of H-pyrrole nitrogens is 1. The van der Waals surface area contributed by atoms with Crippen LogP contribution in [0.15, 0.2) is 36.7 Å². The number of imidazole rings is 1. The molecule has 1 aromatic heterocycles. The maximum Gasteiger partial charge on any atom is 0.123 e. The number of methoxy groups -OCH3 is 1. The van der Waals surface area contributed by atoms with E-state index in [2.05, 4.69) is 38.9 Å². The number of benzene rings is 1. The average Bonchev–Trinajstić information content (AvgIpc) is 3.02. The van der Waals surface area contributed by atoms with Crippen molar-refractivity contribution < 1.29 is 4.74 Å². The van der Waals surface area contributed by atoms with Crippen molar-refractivity contribution >= 4 is 0 Å². The molecule has 0 bridgehead atoms. The highest BCUT2D eigenvalue weighted by Crippen LogP contribution is 2.31. The first kappa shape index (κ1) is 14.1. The molecule has 0 aliphatic carbocycles. The van der Waals surface area contributed by atoms with Gasteiger partial charge in [0.05, 0.1) is 19.7 Å². The molecular formula is C16H22N4O. The van der Waals surface area contributed by atoms with Crippen molar-refractivity contribution in [2.45, 2.75) is 12.6 Å². The van der Waals surface area contributed by atoms with Gasteiger partial charge in [0.25, 0.3) is 0 Å². The molecule has 1 aromatic carbocycles. The molecule has 0 radical (unpaired) electrons. The van der Waals surface area contributed by atoms with Crippen LogP contribution in [-0.2, 0) is 6.54 Å². The van der Waals surface area contributed by atoms with Gasteiger partial charge in [0, 0.05) is 37.6 Å². The van der Waals surface area contributed by atoms with Crippen molar-refractivity contribution in [3.63, 3.8) is 0 Å². The number of para-hydroxylation sites is 1. The maximum absolute atomic E-state index is 5.52. The maximum atomic E-state index is 5.52. The van der Waals surface area contributed by atoms with Crippen LogP contribution in [-0.4, -0.2) is 53.6 Å². The van der Waals surface area contributed by atoms with E-state index in [0.717, 1.165) is 37.8 Å². The van der Waals surface area contributed by atoms with Gasteiger partial charge in [-0.25, -0.2) is 4.98 Å². The van der Waals surface area contributed by atoms with Crippen molar-refractivity contribution in [2.24, 2.45) is 0 Å². The number of aromatic nitrogens is 2. The van der Waals surface area contributed by atoms with Gasteiger partial charge in [0.1, 0.15) is 11.6 Å². The fourth-order valence-corrected chi connectivity index (χ4v) is 2.95. The third kappa shape index (κ3) is 3.09. The molecule has 2 heterocycles. The van der Waals surface area contributed by atoms with E-state index < -0.39 is 0 Å². The predicted molar refractivity (Wildman–Crippen MR) is 82.2 cm³/mol. The molecule has 1 N–H and O–H groups in total. The number of ether oxygens (including phenoxy) is 1. The monoisotopic (exact) mass is 286 g/mol. The summed E-state index contributed by atoms with van der Waals surface area (Å²) >= 11 is 0. The minimum Gasteiger partial charge on any atom is -0.496 e. The van der Waals surface area contributed by atoms with E-state index in [4.69, 9.17) is 4.74 Å². The summed E-state index contributed by atoms with van der Waals surface area (Å²) < 4.78 is 5.52. The van der Waals surface area contributed by atoms with Crippen molar-refractivity contribution in [1.82, 2.24) is 19.8 Å². The molecule has 1 aliphatic rings. The number of nitrogens with zero attached hydrogens (tertiary/aromatic N) is 3. The van der Waals surface area contributed by atoms with Crippen molar-refractivity contribution in [3.05, 3.63) is 48.0 Å². The van der Waals surface area contributed by atoms with Crippen LogP contribution in [0.2, 0.25) is 0 Å². The second kappa shape index (κ2) is 6.28. The highest BCUT2D eigenvalue weighted by molar-refractivity contribution is 5.36. The van der Waals surface area contributed by atoms with Gasteiger partial charge in [0.15, 0.2) is 0 Å². The van der Waals surface area contributed by atoms with Gasteiger partial charge < -0.3 is 9.72 Å². The number of piperazine rings is 1. The molecule has 112 valence electrons. The Labute approximate surface area is 125 Å². The van der Waals surface area contributed by atoms with E-state index >= 15 is 0 Å². The summed E-state index contributed by atoms with van der Waals surface area (Å²) in [7, 11) is 3.92. The molecule has 3 rings (SSSR count). The summed E-state index contributed by atoms with van der Waals surface area (Å²) in [6.07, 6.45) is 3.69. The van der Waals surface area contributed by atoms with Crippen LogP contribution in [0.3, 0.4) is 0 Å². The van der Waals surface area contributed by atoms with E-state index in [0.29, 0.717) is 6.04 Å². The largest absolute Gasteiger partial charge is 0.496 e. The molecule has 1 atom stereocenters. The molecule has 0 saturated carbocycles. The zero-order valence-corrected chi connectivity index (χ0v) is 12.6. The van der Waals surface area contributed by atoms with Crippen LogP contribution in [0.4, 0.5) is 0 Å². The number of likely N-dealkylation sites (N-methyl/N-ethyl adjacent to an activating group) is 1. The summed E-state index contributed by atoms with van der Waals surface area (Å²) in [4.78, 5) is 12.3. The fraction of sp³-hybridized carbons (Fsp3) is 0.438. The Morgan fingerprint density at radius 1 is 1.33 bits per heavy atom. The number of hydrogen-bond donors (Lipinski definition) is 1. The standard InChI is InChI=1S/C16H22N4O/c1-19-9-10-20(12-16-17-7-8-18-16)11-14(19)13-5-3-4-6-15(13)21-2/h3-8,14H,9-12H2,1-2H3,(H,17,18). The zero-order chi connectivity index (χ0) is 14.7. The van der Waals surface area contributed by atoms with Crippen LogP contribution < -0.4 is 4.74 Å². The van der Waals surface area contributed by atoms with E-state index in [1.54, 1.807) is 7.11 Å². The second-order valence-electron chi connectivity index (χ2n) is 5.51. The van der Waals surface area contributed by atoms with E-state index in [9.17, 15) is 0 Å².